The van der Waals surface area contributed by atoms with Crippen molar-refractivity contribution in [3.63, 3.8) is 0 Å². The first-order chi connectivity index (χ1) is 6.72. The van der Waals surface area contributed by atoms with E-state index in [-0.39, 0.29) is 0 Å². The smallest absolute Gasteiger partial charge is 0.142 e. The van der Waals surface area contributed by atoms with E-state index in [0.29, 0.717) is 11.4 Å². The number of nitrogen functional groups attached to an aromatic ring is 1. The lowest BCUT2D eigenvalue weighted by Gasteiger charge is -2.07. The first-order valence-corrected chi connectivity index (χ1v) is 4.42. The standard InChI is InChI=1S/C11H12N2O/c1-7-3-4-8-9(13-7)5-6-10(14-2)11(8)12/h3-6H,12H2,1-2H3. The Morgan fingerprint density at radius 2 is 2.00 bits per heavy atom. The monoisotopic (exact) mass is 188 g/mol. The molecule has 72 valence electrons. The third kappa shape index (κ3) is 1.27. The molecule has 2 N–H and O–H groups in total. The predicted molar refractivity (Wildman–Crippen MR) is 57.4 cm³/mol. The van der Waals surface area contributed by atoms with Crippen LogP contribution in [0.4, 0.5) is 5.69 Å². The van der Waals surface area contributed by atoms with Crippen LogP contribution in [0.3, 0.4) is 0 Å². The molecule has 0 unspecified atom stereocenters. The van der Waals surface area contributed by atoms with Crippen molar-refractivity contribution in [1.82, 2.24) is 4.98 Å². The normalized spacial score (nSPS) is 10.4. The molecule has 2 aromatic rings. The van der Waals surface area contributed by atoms with E-state index in [1.165, 1.54) is 0 Å². The molecular formula is C11H12N2O. The largest absolute Gasteiger partial charge is 0.495 e. The second kappa shape index (κ2) is 3.18. The van der Waals surface area contributed by atoms with Gasteiger partial charge in [-0.1, -0.05) is 0 Å². The molecule has 1 heterocycles. The number of nitrogens with zero attached hydrogens (tertiary/aromatic N) is 1. The van der Waals surface area contributed by atoms with Crippen molar-refractivity contribution in [2.45, 2.75) is 6.92 Å². The number of ether oxygens (including phenoxy) is 1. The first-order valence-electron chi connectivity index (χ1n) is 4.42. The van der Waals surface area contributed by atoms with E-state index in [1.807, 2.05) is 31.2 Å². The highest BCUT2D eigenvalue weighted by Gasteiger charge is 2.04. The Morgan fingerprint density at radius 1 is 1.21 bits per heavy atom. The van der Waals surface area contributed by atoms with Gasteiger partial charge in [0.2, 0.25) is 0 Å². The molecule has 3 nitrogen and oxygen atoms in total. The molecule has 0 atom stereocenters. The molecule has 0 spiro atoms. The Morgan fingerprint density at radius 3 is 2.71 bits per heavy atom. The van der Waals surface area contributed by atoms with Crippen molar-refractivity contribution in [2.75, 3.05) is 12.8 Å². The van der Waals surface area contributed by atoms with Crippen LogP contribution in [0.25, 0.3) is 10.9 Å². The van der Waals surface area contributed by atoms with Gasteiger partial charge in [0.25, 0.3) is 0 Å². The van der Waals surface area contributed by atoms with Crippen molar-refractivity contribution >= 4 is 16.6 Å². The average molecular weight is 188 g/mol. The van der Waals surface area contributed by atoms with Crippen molar-refractivity contribution < 1.29 is 4.74 Å². The zero-order valence-electron chi connectivity index (χ0n) is 8.24. The fourth-order valence-corrected chi connectivity index (χ4v) is 1.49. The molecule has 3 heteroatoms. The van der Waals surface area contributed by atoms with E-state index < -0.39 is 0 Å². The number of hydrogen-bond donors (Lipinski definition) is 1. The van der Waals surface area contributed by atoms with E-state index in [2.05, 4.69) is 4.98 Å². The number of aryl methyl sites for hydroxylation is 1. The Labute approximate surface area is 82.5 Å². The summed E-state index contributed by atoms with van der Waals surface area (Å²) in [6, 6.07) is 7.66. The molecule has 2 rings (SSSR count). The highest BCUT2D eigenvalue weighted by molar-refractivity contribution is 5.93. The fourth-order valence-electron chi connectivity index (χ4n) is 1.49. The number of benzene rings is 1. The van der Waals surface area contributed by atoms with Crippen LogP contribution in [0.15, 0.2) is 24.3 Å². The lowest BCUT2D eigenvalue weighted by atomic mass is 10.1. The fraction of sp³-hybridized carbons (Fsp3) is 0.182. The van der Waals surface area contributed by atoms with Crippen molar-refractivity contribution in [3.05, 3.63) is 30.0 Å². The zero-order chi connectivity index (χ0) is 10.1. The minimum atomic E-state index is 0.650. The summed E-state index contributed by atoms with van der Waals surface area (Å²) in [5, 5.41) is 0.940. The van der Waals surface area contributed by atoms with E-state index in [9.17, 15) is 0 Å². The molecule has 1 aromatic heterocycles. The molecule has 0 amide bonds. The zero-order valence-corrected chi connectivity index (χ0v) is 8.24. The number of nitrogens with two attached hydrogens (primary N) is 1. The van der Waals surface area contributed by atoms with Crippen LogP contribution in [-0.4, -0.2) is 12.1 Å². The summed E-state index contributed by atoms with van der Waals surface area (Å²) < 4.78 is 5.13. The number of fused-ring (bicyclic) bond motifs is 1. The molecule has 0 bridgehead atoms. The summed E-state index contributed by atoms with van der Waals surface area (Å²) in [6.07, 6.45) is 0. The van der Waals surface area contributed by atoms with Gasteiger partial charge in [-0.3, -0.25) is 4.98 Å². The Kier molecular flexibility index (Phi) is 2.00. The molecule has 0 fully saturated rings. The van der Waals surface area contributed by atoms with Gasteiger partial charge in [0, 0.05) is 11.1 Å². The second-order valence-corrected chi connectivity index (χ2v) is 3.20. The number of aromatic nitrogens is 1. The van der Waals surface area contributed by atoms with Crippen LogP contribution < -0.4 is 10.5 Å². The third-order valence-corrected chi connectivity index (χ3v) is 2.23. The minimum Gasteiger partial charge on any atom is -0.495 e. The summed E-state index contributed by atoms with van der Waals surface area (Å²) in [4.78, 5) is 4.38. The SMILES string of the molecule is COc1ccc2nc(C)ccc2c1N. The Balaban J connectivity index is 2.77. The summed E-state index contributed by atoms with van der Waals surface area (Å²) in [5.74, 6) is 0.697. The van der Waals surface area contributed by atoms with Gasteiger partial charge in [-0.05, 0) is 31.2 Å². The van der Waals surface area contributed by atoms with Crippen molar-refractivity contribution in [2.24, 2.45) is 0 Å². The molecule has 0 saturated carbocycles. The Bertz CT molecular complexity index is 480. The summed E-state index contributed by atoms with van der Waals surface area (Å²) >= 11 is 0. The van der Waals surface area contributed by atoms with Crippen molar-refractivity contribution in [1.29, 1.82) is 0 Å². The van der Waals surface area contributed by atoms with Crippen LogP contribution in [0.5, 0.6) is 5.75 Å². The van der Waals surface area contributed by atoms with E-state index in [0.717, 1.165) is 16.6 Å². The van der Waals surface area contributed by atoms with Gasteiger partial charge >= 0.3 is 0 Å². The predicted octanol–water partition coefficient (Wildman–Crippen LogP) is 2.13. The molecule has 0 aliphatic carbocycles. The van der Waals surface area contributed by atoms with Gasteiger partial charge in [-0.15, -0.1) is 0 Å². The van der Waals surface area contributed by atoms with Crippen LogP contribution in [-0.2, 0) is 0 Å². The molecule has 1 aromatic carbocycles. The van der Waals surface area contributed by atoms with Gasteiger partial charge in [0.05, 0.1) is 18.3 Å². The van der Waals surface area contributed by atoms with Gasteiger partial charge in [-0.2, -0.15) is 0 Å². The number of methoxy groups -OCH3 is 1. The van der Waals surface area contributed by atoms with E-state index in [4.69, 9.17) is 10.5 Å². The highest BCUT2D eigenvalue weighted by atomic mass is 16.5. The topological polar surface area (TPSA) is 48.1 Å². The number of pyridine rings is 1. The number of hydrogen-bond acceptors (Lipinski definition) is 3. The van der Waals surface area contributed by atoms with E-state index >= 15 is 0 Å². The maximum atomic E-state index is 5.91. The minimum absolute atomic E-state index is 0.650. The molecular weight excluding hydrogens is 176 g/mol. The van der Waals surface area contributed by atoms with Crippen LogP contribution in [0.2, 0.25) is 0 Å². The quantitative estimate of drug-likeness (QED) is 0.697. The lowest BCUT2D eigenvalue weighted by molar-refractivity contribution is 0.417. The van der Waals surface area contributed by atoms with Gasteiger partial charge in [0.1, 0.15) is 5.75 Å². The molecule has 0 saturated heterocycles. The molecule has 0 radical (unpaired) electrons. The number of anilines is 1. The average Bonchev–Trinajstić information content (AvgIpc) is 2.18. The van der Waals surface area contributed by atoms with Crippen LogP contribution in [0, 0.1) is 6.92 Å². The maximum Gasteiger partial charge on any atom is 0.142 e. The highest BCUT2D eigenvalue weighted by Crippen LogP contribution is 2.29. The van der Waals surface area contributed by atoms with Crippen LogP contribution >= 0.6 is 0 Å². The van der Waals surface area contributed by atoms with Gasteiger partial charge < -0.3 is 10.5 Å². The second-order valence-electron chi connectivity index (χ2n) is 3.20. The van der Waals surface area contributed by atoms with Gasteiger partial charge in [0.15, 0.2) is 0 Å². The van der Waals surface area contributed by atoms with Gasteiger partial charge in [-0.25, -0.2) is 0 Å². The van der Waals surface area contributed by atoms with Crippen LogP contribution in [0.1, 0.15) is 5.69 Å². The third-order valence-electron chi connectivity index (χ3n) is 2.23. The van der Waals surface area contributed by atoms with E-state index in [1.54, 1.807) is 7.11 Å². The first kappa shape index (κ1) is 8.81. The summed E-state index contributed by atoms with van der Waals surface area (Å²) in [7, 11) is 1.61. The summed E-state index contributed by atoms with van der Waals surface area (Å²) in [6.45, 7) is 1.96. The van der Waals surface area contributed by atoms with Crippen molar-refractivity contribution in [3.8, 4) is 5.75 Å². The molecule has 0 aliphatic heterocycles. The molecule has 0 aliphatic rings. The lowest BCUT2D eigenvalue weighted by Crippen LogP contribution is -1.94. The summed E-state index contributed by atoms with van der Waals surface area (Å²) in [5.41, 5.74) is 8.46. The maximum absolute atomic E-state index is 5.91. The Hall–Kier alpha value is -1.77. The molecule has 14 heavy (non-hydrogen) atoms. The number of rotatable bonds is 1.